The Balaban J connectivity index is 1.41. The molecule has 2 N–H and O–H groups in total. The van der Waals surface area contributed by atoms with E-state index < -0.39 is 0 Å². The van der Waals surface area contributed by atoms with Crippen molar-refractivity contribution in [2.45, 2.75) is 38.8 Å². The molecule has 2 aliphatic heterocycles. The van der Waals surface area contributed by atoms with E-state index in [4.69, 9.17) is 0 Å². The van der Waals surface area contributed by atoms with Gasteiger partial charge in [-0.25, -0.2) is 4.79 Å². The van der Waals surface area contributed by atoms with Crippen LogP contribution in [0, 0.1) is 11.8 Å². The largest absolute Gasteiger partial charge is 0.393 e. The van der Waals surface area contributed by atoms with Crippen LogP contribution in [0.4, 0.5) is 4.79 Å². The molecule has 0 radical (unpaired) electrons. The number of carbonyl (C=O) groups excluding carboxylic acids is 1. The van der Waals surface area contributed by atoms with Gasteiger partial charge >= 0.3 is 6.03 Å². The van der Waals surface area contributed by atoms with Gasteiger partial charge in [-0.15, -0.1) is 0 Å². The molecule has 2 amide bonds. The van der Waals surface area contributed by atoms with Gasteiger partial charge < -0.3 is 15.3 Å². The van der Waals surface area contributed by atoms with Crippen molar-refractivity contribution in [2.75, 3.05) is 32.7 Å². The summed E-state index contributed by atoms with van der Waals surface area (Å²) in [6.45, 7) is 7.18. The Kier molecular flexibility index (Phi) is 6.32. The third-order valence-corrected chi connectivity index (χ3v) is 5.59. The van der Waals surface area contributed by atoms with Gasteiger partial charge in [0.2, 0.25) is 0 Å². The van der Waals surface area contributed by atoms with Gasteiger partial charge in [0.25, 0.3) is 0 Å². The topological polar surface area (TPSA) is 55.8 Å². The lowest BCUT2D eigenvalue weighted by atomic mass is 9.97. The molecule has 25 heavy (non-hydrogen) atoms. The monoisotopic (exact) mass is 345 g/mol. The number of hydrogen-bond donors (Lipinski definition) is 2. The maximum atomic E-state index is 12.3. The van der Waals surface area contributed by atoms with Gasteiger partial charge in [-0.05, 0) is 44.2 Å². The zero-order chi connectivity index (χ0) is 17.6. The SMILES string of the molecule is C[C@H](O)[C@H]1CCN(C(=O)NC[C@@H]2CCCN(Cc3ccccc3)C2)C1. The van der Waals surface area contributed by atoms with Crippen LogP contribution in [0.25, 0.3) is 0 Å². The van der Waals surface area contributed by atoms with Crippen LogP contribution in [0.1, 0.15) is 31.7 Å². The number of hydrogen-bond acceptors (Lipinski definition) is 3. The molecular formula is C20H31N3O2. The fraction of sp³-hybridized carbons (Fsp3) is 0.650. The number of aliphatic hydroxyl groups is 1. The first-order valence-electron chi connectivity index (χ1n) is 9.59. The van der Waals surface area contributed by atoms with Crippen molar-refractivity contribution in [3.63, 3.8) is 0 Å². The second-order valence-electron chi connectivity index (χ2n) is 7.65. The number of aliphatic hydroxyl groups excluding tert-OH is 1. The molecular weight excluding hydrogens is 314 g/mol. The van der Waals surface area contributed by atoms with Crippen molar-refractivity contribution < 1.29 is 9.90 Å². The second-order valence-corrected chi connectivity index (χ2v) is 7.65. The number of nitrogens with one attached hydrogen (secondary N) is 1. The number of nitrogens with zero attached hydrogens (tertiary/aromatic N) is 2. The number of urea groups is 1. The molecule has 0 bridgehead atoms. The van der Waals surface area contributed by atoms with E-state index in [9.17, 15) is 9.90 Å². The predicted octanol–water partition coefficient (Wildman–Crippen LogP) is 2.31. The van der Waals surface area contributed by atoms with Crippen LogP contribution in [0.5, 0.6) is 0 Å². The van der Waals surface area contributed by atoms with Gasteiger partial charge in [0.05, 0.1) is 6.10 Å². The van der Waals surface area contributed by atoms with E-state index in [1.807, 2.05) is 11.8 Å². The fourth-order valence-corrected chi connectivity index (χ4v) is 4.01. The van der Waals surface area contributed by atoms with Crippen LogP contribution in [0.15, 0.2) is 30.3 Å². The molecule has 0 spiro atoms. The van der Waals surface area contributed by atoms with E-state index in [1.165, 1.54) is 18.4 Å². The summed E-state index contributed by atoms with van der Waals surface area (Å²) in [5, 5.41) is 12.8. The van der Waals surface area contributed by atoms with Gasteiger partial charge in [0.15, 0.2) is 0 Å². The first kappa shape index (κ1) is 18.2. The highest BCUT2D eigenvalue weighted by atomic mass is 16.3. The average molecular weight is 345 g/mol. The van der Waals surface area contributed by atoms with Crippen LogP contribution >= 0.6 is 0 Å². The summed E-state index contributed by atoms with van der Waals surface area (Å²) >= 11 is 0. The smallest absolute Gasteiger partial charge is 0.317 e. The Morgan fingerprint density at radius 1 is 1.24 bits per heavy atom. The van der Waals surface area contributed by atoms with Gasteiger partial charge in [-0.3, -0.25) is 4.90 Å². The van der Waals surface area contributed by atoms with Gasteiger partial charge in [0, 0.05) is 38.6 Å². The summed E-state index contributed by atoms with van der Waals surface area (Å²) in [6.07, 6.45) is 2.95. The first-order valence-corrected chi connectivity index (χ1v) is 9.59. The molecule has 2 saturated heterocycles. The highest BCUT2D eigenvalue weighted by molar-refractivity contribution is 5.74. The molecule has 2 aliphatic rings. The molecule has 2 heterocycles. The molecule has 5 nitrogen and oxygen atoms in total. The quantitative estimate of drug-likeness (QED) is 0.861. The number of benzene rings is 1. The van der Waals surface area contributed by atoms with Gasteiger partial charge in [-0.2, -0.15) is 0 Å². The van der Waals surface area contributed by atoms with Crippen molar-refractivity contribution in [3.8, 4) is 0 Å². The number of rotatable bonds is 5. The predicted molar refractivity (Wildman–Crippen MR) is 99.2 cm³/mol. The van der Waals surface area contributed by atoms with Crippen molar-refractivity contribution in [3.05, 3.63) is 35.9 Å². The zero-order valence-electron chi connectivity index (χ0n) is 15.2. The van der Waals surface area contributed by atoms with Crippen LogP contribution in [0.3, 0.4) is 0 Å². The minimum absolute atomic E-state index is 0.0309. The van der Waals surface area contributed by atoms with Crippen molar-refractivity contribution in [1.82, 2.24) is 15.1 Å². The van der Waals surface area contributed by atoms with E-state index in [0.717, 1.165) is 39.1 Å². The standard InChI is InChI=1S/C20H31N3O2/c1-16(24)19-9-11-23(15-19)20(25)21-12-18-8-5-10-22(14-18)13-17-6-3-2-4-7-17/h2-4,6-7,16,18-19,24H,5,8-15H2,1H3,(H,21,25)/t16-,18-,19-/m0/s1. The first-order chi connectivity index (χ1) is 12.1. The Bertz CT molecular complexity index is 549. The third-order valence-electron chi connectivity index (χ3n) is 5.59. The average Bonchev–Trinajstić information content (AvgIpc) is 3.11. The van der Waals surface area contributed by atoms with E-state index in [0.29, 0.717) is 12.5 Å². The maximum absolute atomic E-state index is 12.3. The fourth-order valence-electron chi connectivity index (χ4n) is 4.01. The molecule has 1 aromatic rings. The summed E-state index contributed by atoms with van der Waals surface area (Å²) in [7, 11) is 0. The van der Waals surface area contributed by atoms with Crippen LogP contribution in [-0.4, -0.2) is 59.8 Å². The van der Waals surface area contributed by atoms with E-state index in [-0.39, 0.29) is 18.1 Å². The van der Waals surface area contributed by atoms with Crippen molar-refractivity contribution >= 4 is 6.03 Å². The Hall–Kier alpha value is -1.59. The summed E-state index contributed by atoms with van der Waals surface area (Å²) in [4.78, 5) is 16.7. The summed E-state index contributed by atoms with van der Waals surface area (Å²) in [6, 6.07) is 10.6. The second kappa shape index (κ2) is 8.68. The van der Waals surface area contributed by atoms with Crippen LogP contribution < -0.4 is 5.32 Å². The van der Waals surface area contributed by atoms with Gasteiger partial charge in [0.1, 0.15) is 0 Å². The van der Waals surface area contributed by atoms with E-state index in [1.54, 1.807) is 0 Å². The Morgan fingerprint density at radius 2 is 2.04 bits per heavy atom. The molecule has 1 aromatic carbocycles. The number of likely N-dealkylation sites (tertiary alicyclic amines) is 2. The maximum Gasteiger partial charge on any atom is 0.317 e. The third kappa shape index (κ3) is 5.19. The summed E-state index contributed by atoms with van der Waals surface area (Å²) in [5.41, 5.74) is 1.36. The lowest BCUT2D eigenvalue weighted by molar-refractivity contribution is 0.128. The van der Waals surface area contributed by atoms with E-state index in [2.05, 4.69) is 40.5 Å². The molecule has 0 aromatic heterocycles. The summed E-state index contributed by atoms with van der Waals surface area (Å²) < 4.78 is 0. The molecule has 0 aliphatic carbocycles. The number of piperidine rings is 1. The lowest BCUT2D eigenvalue weighted by Crippen LogP contribution is -2.44. The van der Waals surface area contributed by atoms with Crippen molar-refractivity contribution in [1.29, 1.82) is 0 Å². The molecule has 138 valence electrons. The summed E-state index contributed by atoms with van der Waals surface area (Å²) in [5.74, 6) is 0.748. The molecule has 5 heteroatoms. The minimum Gasteiger partial charge on any atom is -0.393 e. The highest BCUT2D eigenvalue weighted by Crippen LogP contribution is 2.21. The normalized spacial score (nSPS) is 25.8. The Labute approximate surface area is 151 Å². The minimum atomic E-state index is -0.331. The van der Waals surface area contributed by atoms with Crippen LogP contribution in [-0.2, 0) is 6.54 Å². The number of carbonyl (C=O) groups is 1. The van der Waals surface area contributed by atoms with Crippen LogP contribution in [0.2, 0.25) is 0 Å². The molecule has 3 rings (SSSR count). The van der Waals surface area contributed by atoms with Crippen molar-refractivity contribution in [2.24, 2.45) is 11.8 Å². The Morgan fingerprint density at radius 3 is 2.76 bits per heavy atom. The van der Waals surface area contributed by atoms with Gasteiger partial charge in [-0.1, -0.05) is 30.3 Å². The molecule has 3 atom stereocenters. The molecule has 2 fully saturated rings. The molecule has 0 saturated carbocycles. The molecule has 0 unspecified atom stereocenters. The zero-order valence-corrected chi connectivity index (χ0v) is 15.2. The number of amides is 2. The highest BCUT2D eigenvalue weighted by Gasteiger charge is 2.29. The lowest BCUT2D eigenvalue weighted by Gasteiger charge is -2.33. The van der Waals surface area contributed by atoms with E-state index >= 15 is 0 Å².